The van der Waals surface area contributed by atoms with Crippen LogP contribution in [-0.2, 0) is 84.5 Å². The van der Waals surface area contributed by atoms with Crippen LogP contribution >= 0.6 is 0 Å². The maximum atomic E-state index is 12.5. The summed E-state index contributed by atoms with van der Waals surface area (Å²) in [5, 5.41) is 48.7. The Morgan fingerprint density at radius 2 is 1.21 bits per heavy atom. The molecule has 0 saturated carbocycles. The number of hydrogen-bond acceptors (Lipinski definition) is 13. The van der Waals surface area contributed by atoms with E-state index in [4.69, 9.17) is 20.2 Å². The van der Waals surface area contributed by atoms with E-state index in [0.29, 0.717) is 0 Å². The van der Waals surface area contributed by atoms with Crippen LogP contribution in [0.2, 0.25) is 0 Å². The average molecular weight is 811 g/mol. The Kier molecular flexibility index (Phi) is 12.4. The summed E-state index contributed by atoms with van der Waals surface area (Å²) in [6.45, 7) is 3.28. The van der Waals surface area contributed by atoms with Crippen LogP contribution in [0.4, 0.5) is 10.5 Å². The number of nitrogens with one attached hydrogen (secondary N) is 2. The predicted molar refractivity (Wildman–Crippen MR) is 201 cm³/mol. The second-order valence-corrected chi connectivity index (χ2v) is 17.5. The number of carbonyl (C=O) groups is 1. The highest BCUT2D eigenvalue weighted by atomic mass is 32.2. The minimum Gasteiger partial charge on any atom is -0.391 e. The van der Waals surface area contributed by atoms with Crippen LogP contribution < -0.4 is 19.9 Å². The number of urea groups is 1. The van der Waals surface area contributed by atoms with Crippen LogP contribution in [-0.4, -0.2) is 75.3 Å². The number of aromatic nitrogens is 6. The van der Waals surface area contributed by atoms with Gasteiger partial charge in [0.25, 0.3) is 26.3 Å². The molecule has 2 amide bonds. The molecule has 0 fully saturated rings. The van der Waals surface area contributed by atoms with Gasteiger partial charge in [-0.25, -0.2) is 23.1 Å². The van der Waals surface area contributed by atoms with E-state index >= 15 is 0 Å². The molecule has 18 nitrogen and oxygen atoms in total. The Hall–Kier alpha value is -4.94. The van der Waals surface area contributed by atoms with Gasteiger partial charge in [0.15, 0.2) is 0 Å². The largest absolute Gasteiger partial charge is 0.391 e. The van der Waals surface area contributed by atoms with E-state index < -0.39 is 38.3 Å². The maximum Gasteiger partial charge on any atom is 0.333 e. The van der Waals surface area contributed by atoms with Gasteiger partial charge in [0, 0.05) is 5.69 Å². The second kappa shape index (κ2) is 17.1. The summed E-state index contributed by atoms with van der Waals surface area (Å²) in [6, 6.07) is 3.78. The van der Waals surface area contributed by atoms with Crippen LogP contribution in [0.1, 0.15) is 84.0 Å². The summed E-state index contributed by atoms with van der Waals surface area (Å²) < 4.78 is 53.6. The molecule has 8 rings (SSSR count). The second-order valence-electron chi connectivity index (χ2n) is 14.4. The van der Waals surface area contributed by atoms with E-state index in [1.54, 1.807) is 13.8 Å². The Labute approximate surface area is 325 Å². The summed E-state index contributed by atoms with van der Waals surface area (Å²) in [5.41, 5.74) is 11.0. The number of nitriles is 1. The minimum atomic E-state index is -4.16. The Morgan fingerprint density at radius 3 is 1.64 bits per heavy atom. The van der Waals surface area contributed by atoms with Crippen LogP contribution in [0, 0.1) is 11.5 Å². The fourth-order valence-electron chi connectivity index (χ4n) is 7.68. The van der Waals surface area contributed by atoms with Gasteiger partial charge in [-0.15, -0.1) is 15.5 Å². The molecular formula is C36H46N10O8S2. The highest BCUT2D eigenvalue weighted by Crippen LogP contribution is 2.40. The minimum absolute atomic E-state index is 0.0595. The van der Waals surface area contributed by atoms with Crippen molar-refractivity contribution in [3.63, 3.8) is 0 Å². The maximum absolute atomic E-state index is 12.5. The lowest BCUT2D eigenvalue weighted by Gasteiger charge is -2.16. The molecule has 0 unspecified atom stereocenters. The van der Waals surface area contributed by atoms with Gasteiger partial charge < -0.3 is 20.3 Å². The fraction of sp³-hybridized carbons (Fsp3) is 0.500. The third-order valence-electron chi connectivity index (χ3n) is 9.96. The number of amides is 2. The number of sulfonamides is 2. The number of carbonyl (C=O) groups excluding carboxylic acids is 1. The zero-order valence-electron chi connectivity index (χ0n) is 31.2. The SMILES string of the molecule is C[C@@H](O)Cn1ncc(S(=O)(=O)NC(=O)Nc2c3c(cc4c2CCC4)CCC3)n1.C[C@@H](O)Cn1ncc(S(N)(=O)=O)n1.N#COc1c2c(cc3c1CCC3)CCC2. The molecule has 4 aliphatic rings. The summed E-state index contributed by atoms with van der Waals surface area (Å²) in [6.07, 6.45) is 15.3. The lowest BCUT2D eigenvalue weighted by atomic mass is 9.99. The van der Waals surface area contributed by atoms with Crippen molar-refractivity contribution in [1.29, 1.82) is 5.26 Å². The molecule has 20 heteroatoms. The van der Waals surface area contributed by atoms with E-state index in [0.717, 1.165) is 109 Å². The molecule has 2 aromatic carbocycles. The summed E-state index contributed by atoms with van der Waals surface area (Å²) in [4.78, 5) is 14.6. The first-order chi connectivity index (χ1) is 26.6. The van der Waals surface area contributed by atoms with E-state index in [1.165, 1.54) is 46.2 Å². The number of primary sulfonamides is 1. The molecule has 0 aliphatic heterocycles. The number of benzene rings is 2. The lowest BCUT2D eigenvalue weighted by molar-refractivity contribution is 0.161. The molecule has 2 aromatic heterocycles. The monoisotopic (exact) mass is 810 g/mol. The van der Waals surface area contributed by atoms with E-state index in [-0.39, 0.29) is 23.1 Å². The fourth-order valence-corrected chi connectivity index (χ4v) is 8.87. The first-order valence-electron chi connectivity index (χ1n) is 18.5. The van der Waals surface area contributed by atoms with Crippen LogP contribution in [0.3, 0.4) is 0 Å². The quantitative estimate of drug-likeness (QED) is 0.152. The van der Waals surface area contributed by atoms with Crippen LogP contribution in [0.15, 0.2) is 34.6 Å². The van der Waals surface area contributed by atoms with Crippen molar-refractivity contribution in [2.75, 3.05) is 5.32 Å². The number of anilines is 1. The van der Waals surface area contributed by atoms with Crippen molar-refractivity contribution in [2.45, 2.75) is 126 Å². The molecule has 0 radical (unpaired) electrons. The Bertz CT molecular complexity index is 2300. The number of aliphatic hydroxyl groups excluding tert-OH is 2. The van der Waals surface area contributed by atoms with Crippen molar-refractivity contribution < 1.29 is 36.6 Å². The third-order valence-corrected chi connectivity index (χ3v) is 11.9. The molecule has 6 N–H and O–H groups in total. The van der Waals surface area contributed by atoms with Crippen LogP contribution in [0.25, 0.3) is 0 Å². The molecule has 4 aromatic rings. The van der Waals surface area contributed by atoms with Gasteiger partial charge in [0.1, 0.15) is 5.75 Å². The van der Waals surface area contributed by atoms with Crippen molar-refractivity contribution in [1.82, 2.24) is 34.7 Å². The predicted octanol–water partition coefficient (Wildman–Crippen LogP) is 1.98. The summed E-state index contributed by atoms with van der Waals surface area (Å²) in [7, 11) is -7.95. The number of nitrogens with two attached hydrogens (primary N) is 1. The van der Waals surface area contributed by atoms with Crippen molar-refractivity contribution in [3.05, 3.63) is 69.0 Å². The van der Waals surface area contributed by atoms with Crippen LogP contribution in [0.5, 0.6) is 5.75 Å². The zero-order chi connectivity index (χ0) is 40.2. The highest BCUT2D eigenvalue weighted by molar-refractivity contribution is 7.90. The summed E-state index contributed by atoms with van der Waals surface area (Å²) >= 11 is 0. The molecule has 300 valence electrons. The topological polar surface area (TPSA) is 270 Å². The smallest absolute Gasteiger partial charge is 0.333 e. The van der Waals surface area contributed by atoms with Gasteiger partial charge in [0.2, 0.25) is 10.1 Å². The van der Waals surface area contributed by atoms with Crippen molar-refractivity contribution in [3.8, 4) is 12.0 Å². The Morgan fingerprint density at radius 1 is 0.786 bits per heavy atom. The number of nitrogens with zero attached hydrogens (tertiary/aromatic N) is 7. The number of aliphatic hydroxyl groups is 2. The molecular weight excluding hydrogens is 765 g/mol. The van der Waals surface area contributed by atoms with Gasteiger partial charge >= 0.3 is 6.03 Å². The zero-order valence-corrected chi connectivity index (χ0v) is 32.9. The van der Waals surface area contributed by atoms with Gasteiger partial charge in [-0.05, 0) is 135 Å². The third kappa shape index (κ3) is 9.53. The number of fused-ring (bicyclic) bond motifs is 4. The van der Waals surface area contributed by atoms with E-state index in [9.17, 15) is 26.7 Å². The Balaban J connectivity index is 0.000000159. The molecule has 0 spiro atoms. The van der Waals surface area contributed by atoms with Gasteiger partial charge in [-0.3, -0.25) is 0 Å². The molecule has 0 bridgehead atoms. The average Bonchev–Trinajstić information content (AvgIpc) is 3.96. The molecule has 0 saturated heterocycles. The van der Waals surface area contributed by atoms with E-state index in [1.807, 2.05) is 11.0 Å². The lowest BCUT2D eigenvalue weighted by Crippen LogP contribution is -2.35. The van der Waals surface area contributed by atoms with Crippen molar-refractivity contribution >= 4 is 31.8 Å². The first-order valence-corrected chi connectivity index (χ1v) is 21.6. The van der Waals surface area contributed by atoms with Gasteiger partial charge in [-0.2, -0.15) is 28.2 Å². The number of aryl methyl sites for hydroxylation is 4. The van der Waals surface area contributed by atoms with Gasteiger partial charge in [-0.1, -0.05) is 12.1 Å². The number of rotatable bonds is 9. The standard InChI is InChI=1S/C18H23N5O4S.C13H13NO.C5H10N4O3S/c1-11(24)10-23-19-9-16(21-23)28(26,27)22-18(25)20-17-14-6-2-4-12(14)8-13-5-3-7-15(13)17;14-8-15-13-11-5-1-3-9(11)7-10-4-2-6-12(10)13;1-4(10)3-9-7-2-5(8-9)13(6,11)12/h8-9,11,24H,2-7,10H2,1H3,(H2,20,22,25);7H,1-6H2;2,4,10H,3H2,1H3,(H2,6,11,12)/t11-;;4-/m1.1/s1. The first kappa shape index (κ1) is 40.7. The molecule has 2 heterocycles. The summed E-state index contributed by atoms with van der Waals surface area (Å²) in [5.74, 6) is 0.903. The number of hydrogen-bond donors (Lipinski definition) is 5. The molecule has 2 atom stereocenters. The molecule has 4 aliphatic carbocycles. The molecule has 56 heavy (non-hydrogen) atoms. The number of ether oxygens (including phenoxy) is 1. The van der Waals surface area contributed by atoms with Crippen molar-refractivity contribution in [2.24, 2.45) is 5.14 Å². The normalized spacial score (nSPS) is 16.1. The van der Waals surface area contributed by atoms with E-state index in [2.05, 4.69) is 37.8 Å². The van der Waals surface area contributed by atoms with Gasteiger partial charge in [0.05, 0.1) is 37.7 Å². The highest BCUT2D eigenvalue weighted by Gasteiger charge is 2.28.